The molecule has 1 heterocycles. The molecule has 0 radical (unpaired) electrons. The van der Waals surface area contributed by atoms with Gasteiger partial charge in [-0.05, 0) is 30.3 Å². The smallest absolute Gasteiger partial charge is 0.255 e. The first-order valence-electron chi connectivity index (χ1n) is 8.61. The Kier molecular flexibility index (Phi) is 6.82. The number of benzene rings is 2. The van der Waals surface area contributed by atoms with E-state index in [-0.39, 0.29) is 11.4 Å². The molecule has 0 saturated carbocycles. The van der Waals surface area contributed by atoms with Crippen molar-refractivity contribution in [3.05, 3.63) is 89.3 Å². The molecule has 1 amide bonds. The zero-order chi connectivity index (χ0) is 20.7. The van der Waals surface area contributed by atoms with Crippen molar-refractivity contribution in [2.45, 2.75) is 11.4 Å². The third-order valence-electron chi connectivity index (χ3n) is 3.91. The molecule has 0 bridgehead atoms. The van der Waals surface area contributed by atoms with Gasteiger partial charge >= 0.3 is 0 Å². The lowest BCUT2D eigenvalue weighted by atomic mass is 10.2. The average molecular weight is 432 g/mol. The van der Waals surface area contributed by atoms with Gasteiger partial charge in [-0.2, -0.15) is 9.41 Å². The summed E-state index contributed by atoms with van der Waals surface area (Å²) in [6.07, 6.45) is 2.83. The molecule has 29 heavy (non-hydrogen) atoms. The SMILES string of the molecule is O=C(CN(Cc1ccco1)S(=O)(=O)c1ccccc1)N/N=C\c1ccccc1Cl. The molecule has 1 aromatic heterocycles. The maximum atomic E-state index is 13.0. The summed E-state index contributed by atoms with van der Waals surface area (Å²) in [7, 11) is -3.92. The van der Waals surface area contributed by atoms with E-state index in [0.29, 0.717) is 16.3 Å². The zero-order valence-corrected chi connectivity index (χ0v) is 16.8. The van der Waals surface area contributed by atoms with E-state index in [4.69, 9.17) is 16.0 Å². The highest BCUT2D eigenvalue weighted by molar-refractivity contribution is 7.89. The van der Waals surface area contributed by atoms with Gasteiger partial charge in [0.05, 0.1) is 30.5 Å². The van der Waals surface area contributed by atoms with Gasteiger partial charge in [-0.3, -0.25) is 4.79 Å². The number of hydrogen-bond donors (Lipinski definition) is 1. The number of carbonyl (C=O) groups is 1. The summed E-state index contributed by atoms with van der Waals surface area (Å²) in [5, 5.41) is 4.34. The first kappa shape index (κ1) is 20.8. The van der Waals surface area contributed by atoms with Crippen molar-refractivity contribution in [3.8, 4) is 0 Å². The van der Waals surface area contributed by atoms with Crippen LogP contribution in [0.2, 0.25) is 5.02 Å². The summed E-state index contributed by atoms with van der Waals surface area (Å²) in [5.41, 5.74) is 2.95. The number of nitrogens with zero attached hydrogens (tertiary/aromatic N) is 2. The number of rotatable bonds is 8. The van der Waals surface area contributed by atoms with Gasteiger partial charge in [0, 0.05) is 10.6 Å². The maximum absolute atomic E-state index is 13.0. The fraction of sp³-hybridized carbons (Fsp3) is 0.100. The molecule has 3 aromatic rings. The highest BCUT2D eigenvalue weighted by atomic mass is 35.5. The Labute approximate surface area is 173 Å². The molecule has 150 valence electrons. The molecule has 0 aliphatic rings. The van der Waals surface area contributed by atoms with Crippen molar-refractivity contribution in [2.24, 2.45) is 5.10 Å². The highest BCUT2D eigenvalue weighted by Gasteiger charge is 2.27. The lowest BCUT2D eigenvalue weighted by molar-refractivity contribution is -0.121. The second-order valence-corrected chi connectivity index (χ2v) is 8.33. The Morgan fingerprint density at radius 1 is 1.07 bits per heavy atom. The number of sulfonamides is 1. The Balaban J connectivity index is 1.74. The van der Waals surface area contributed by atoms with Crippen molar-refractivity contribution in [1.29, 1.82) is 0 Å². The minimum Gasteiger partial charge on any atom is -0.468 e. The molecule has 9 heteroatoms. The first-order chi connectivity index (χ1) is 14.0. The van der Waals surface area contributed by atoms with Gasteiger partial charge < -0.3 is 4.42 Å². The van der Waals surface area contributed by atoms with Gasteiger partial charge in [0.15, 0.2) is 0 Å². The van der Waals surface area contributed by atoms with Crippen molar-refractivity contribution in [3.63, 3.8) is 0 Å². The van der Waals surface area contributed by atoms with Gasteiger partial charge in [-0.1, -0.05) is 48.0 Å². The molecule has 0 aliphatic carbocycles. The highest BCUT2D eigenvalue weighted by Crippen LogP contribution is 2.18. The summed E-state index contributed by atoms with van der Waals surface area (Å²) >= 11 is 6.03. The van der Waals surface area contributed by atoms with Crippen molar-refractivity contribution in [1.82, 2.24) is 9.73 Å². The van der Waals surface area contributed by atoms with Crippen LogP contribution in [0.3, 0.4) is 0 Å². The normalized spacial score (nSPS) is 11.8. The molecule has 7 nitrogen and oxygen atoms in total. The number of carbonyl (C=O) groups excluding carboxylic acids is 1. The molecule has 0 fully saturated rings. The monoisotopic (exact) mass is 431 g/mol. The number of nitrogens with one attached hydrogen (secondary N) is 1. The van der Waals surface area contributed by atoms with Crippen molar-refractivity contribution in [2.75, 3.05) is 6.54 Å². The Morgan fingerprint density at radius 3 is 2.48 bits per heavy atom. The van der Waals surface area contributed by atoms with Crippen LogP contribution in [0.25, 0.3) is 0 Å². The molecule has 3 rings (SSSR count). The summed E-state index contributed by atoms with van der Waals surface area (Å²) < 4.78 is 32.2. The van der Waals surface area contributed by atoms with Crippen LogP contribution < -0.4 is 5.43 Å². The van der Waals surface area contributed by atoms with Crippen LogP contribution >= 0.6 is 11.6 Å². The number of halogens is 1. The summed E-state index contributed by atoms with van der Waals surface area (Å²) in [6, 6.07) is 18.2. The molecule has 0 saturated heterocycles. The number of amides is 1. The molecule has 2 aromatic carbocycles. The van der Waals surface area contributed by atoms with Crippen LogP contribution in [0.15, 0.2) is 87.4 Å². The topological polar surface area (TPSA) is 92.0 Å². The standard InChI is InChI=1S/C20H18ClN3O4S/c21-19-11-5-4-7-16(19)13-22-23-20(25)15-24(14-17-8-6-12-28-17)29(26,27)18-9-2-1-3-10-18/h1-13H,14-15H2,(H,23,25)/b22-13-. The summed E-state index contributed by atoms with van der Waals surface area (Å²) in [4.78, 5) is 12.4. The molecule has 0 aliphatic heterocycles. The zero-order valence-electron chi connectivity index (χ0n) is 15.2. The van der Waals surface area contributed by atoms with Crippen LogP contribution in [0.4, 0.5) is 0 Å². The Bertz CT molecular complexity index is 1080. The lowest BCUT2D eigenvalue weighted by Crippen LogP contribution is -2.39. The number of hydrogen-bond acceptors (Lipinski definition) is 5. The van der Waals surface area contributed by atoms with E-state index < -0.39 is 22.5 Å². The van der Waals surface area contributed by atoms with Gasteiger partial charge in [0.1, 0.15) is 5.76 Å². The van der Waals surface area contributed by atoms with E-state index in [1.165, 1.54) is 24.6 Å². The molecule has 0 unspecified atom stereocenters. The molecule has 1 N–H and O–H groups in total. The molecule has 0 atom stereocenters. The average Bonchev–Trinajstić information content (AvgIpc) is 3.23. The second-order valence-electron chi connectivity index (χ2n) is 5.98. The lowest BCUT2D eigenvalue weighted by Gasteiger charge is -2.20. The third-order valence-corrected chi connectivity index (χ3v) is 6.06. The van der Waals surface area contributed by atoms with E-state index in [1.807, 2.05) is 0 Å². The Hall–Kier alpha value is -2.94. The minimum atomic E-state index is -3.92. The van der Waals surface area contributed by atoms with E-state index in [2.05, 4.69) is 10.5 Å². The van der Waals surface area contributed by atoms with Crippen LogP contribution in [0, 0.1) is 0 Å². The van der Waals surface area contributed by atoms with Crippen LogP contribution in [-0.2, 0) is 21.4 Å². The van der Waals surface area contributed by atoms with E-state index >= 15 is 0 Å². The third kappa shape index (κ3) is 5.54. The Morgan fingerprint density at radius 2 is 1.79 bits per heavy atom. The van der Waals surface area contributed by atoms with Crippen LogP contribution in [-0.4, -0.2) is 31.4 Å². The van der Waals surface area contributed by atoms with E-state index in [9.17, 15) is 13.2 Å². The van der Waals surface area contributed by atoms with E-state index in [0.717, 1.165) is 4.31 Å². The number of furan rings is 1. The van der Waals surface area contributed by atoms with Gasteiger partial charge in [-0.25, -0.2) is 13.8 Å². The van der Waals surface area contributed by atoms with Crippen LogP contribution in [0.1, 0.15) is 11.3 Å². The van der Waals surface area contributed by atoms with Gasteiger partial charge in [-0.15, -0.1) is 0 Å². The summed E-state index contributed by atoms with van der Waals surface area (Å²) in [6.45, 7) is -0.524. The van der Waals surface area contributed by atoms with Gasteiger partial charge in [0.2, 0.25) is 10.0 Å². The van der Waals surface area contributed by atoms with Crippen molar-refractivity contribution < 1.29 is 17.6 Å². The summed E-state index contributed by atoms with van der Waals surface area (Å²) in [5.74, 6) is -0.184. The fourth-order valence-electron chi connectivity index (χ4n) is 2.49. The van der Waals surface area contributed by atoms with E-state index in [1.54, 1.807) is 54.6 Å². The fourth-order valence-corrected chi connectivity index (χ4v) is 4.06. The predicted octanol–water partition coefficient (Wildman–Crippen LogP) is 3.27. The maximum Gasteiger partial charge on any atom is 0.255 e. The quantitative estimate of drug-likeness (QED) is 0.437. The first-order valence-corrected chi connectivity index (χ1v) is 10.4. The predicted molar refractivity (Wildman–Crippen MR) is 110 cm³/mol. The minimum absolute atomic E-state index is 0.0823. The van der Waals surface area contributed by atoms with Crippen LogP contribution in [0.5, 0.6) is 0 Å². The molecular formula is C20H18ClN3O4S. The van der Waals surface area contributed by atoms with Gasteiger partial charge in [0.25, 0.3) is 5.91 Å². The largest absolute Gasteiger partial charge is 0.468 e. The second kappa shape index (κ2) is 9.51. The molecular weight excluding hydrogens is 414 g/mol. The molecule has 0 spiro atoms. The number of hydrazone groups is 1. The van der Waals surface area contributed by atoms with Crippen molar-refractivity contribution >= 4 is 33.7 Å².